The molecule has 1 aliphatic rings. The van der Waals surface area contributed by atoms with Gasteiger partial charge in [0.1, 0.15) is 0 Å². The third-order valence-corrected chi connectivity index (χ3v) is 4.25. The third kappa shape index (κ3) is 2.71. The Bertz CT molecular complexity index is 388. The third-order valence-electron chi connectivity index (χ3n) is 4.00. The van der Waals surface area contributed by atoms with Crippen LogP contribution in [0.25, 0.3) is 0 Å². The second kappa shape index (κ2) is 5.60. The molecule has 2 unspecified atom stereocenters. The number of aliphatic hydroxyl groups is 1. The van der Waals surface area contributed by atoms with E-state index in [-0.39, 0.29) is 12.1 Å². The molecule has 1 aromatic rings. The summed E-state index contributed by atoms with van der Waals surface area (Å²) < 4.78 is 0. The maximum Gasteiger partial charge on any atom is 0.0699 e. The smallest absolute Gasteiger partial charge is 0.0699 e. The predicted octanol–water partition coefficient (Wildman–Crippen LogP) is 3.33. The van der Waals surface area contributed by atoms with Crippen molar-refractivity contribution in [1.82, 2.24) is 5.32 Å². The minimum Gasteiger partial charge on any atom is -0.394 e. The van der Waals surface area contributed by atoms with E-state index in [0.717, 1.165) is 17.0 Å². The topological polar surface area (TPSA) is 32.3 Å². The van der Waals surface area contributed by atoms with Gasteiger partial charge in [-0.25, -0.2) is 0 Å². The van der Waals surface area contributed by atoms with Crippen LogP contribution in [0.3, 0.4) is 0 Å². The molecule has 1 aliphatic carbocycles. The highest BCUT2D eigenvalue weighted by Gasteiger charge is 2.46. The Hall–Kier alpha value is -0.570. The molecule has 1 saturated carbocycles. The Morgan fingerprint density at radius 2 is 2.00 bits per heavy atom. The molecule has 0 radical (unpaired) electrons. The SMILES string of the molecule is CCC(C)NC(CO)(c1ccc(Cl)cc1)C1CC1. The zero-order valence-corrected chi connectivity index (χ0v) is 11.9. The van der Waals surface area contributed by atoms with E-state index in [1.54, 1.807) is 0 Å². The van der Waals surface area contributed by atoms with Crippen LogP contribution in [0.4, 0.5) is 0 Å². The lowest BCUT2D eigenvalue weighted by atomic mass is 9.84. The van der Waals surface area contributed by atoms with Crippen molar-refractivity contribution >= 4 is 11.6 Å². The van der Waals surface area contributed by atoms with Gasteiger partial charge in [0.15, 0.2) is 0 Å². The molecule has 0 saturated heterocycles. The van der Waals surface area contributed by atoms with Gasteiger partial charge < -0.3 is 10.4 Å². The van der Waals surface area contributed by atoms with Gasteiger partial charge in [-0.1, -0.05) is 30.7 Å². The highest BCUT2D eigenvalue weighted by molar-refractivity contribution is 6.30. The summed E-state index contributed by atoms with van der Waals surface area (Å²) in [4.78, 5) is 0. The molecule has 0 bridgehead atoms. The van der Waals surface area contributed by atoms with Gasteiger partial charge in [0.2, 0.25) is 0 Å². The lowest BCUT2D eigenvalue weighted by Crippen LogP contribution is -2.51. The molecule has 0 aliphatic heterocycles. The van der Waals surface area contributed by atoms with Crippen LogP contribution >= 0.6 is 11.6 Å². The summed E-state index contributed by atoms with van der Waals surface area (Å²) in [6.07, 6.45) is 3.43. The van der Waals surface area contributed by atoms with E-state index in [4.69, 9.17) is 11.6 Å². The molecule has 0 heterocycles. The zero-order chi connectivity index (χ0) is 13.2. The van der Waals surface area contributed by atoms with Crippen LogP contribution in [-0.2, 0) is 5.54 Å². The van der Waals surface area contributed by atoms with E-state index in [9.17, 15) is 5.11 Å². The number of nitrogens with one attached hydrogen (secondary N) is 1. The average Bonchev–Trinajstić information content (AvgIpc) is 3.21. The fourth-order valence-corrected chi connectivity index (χ4v) is 2.69. The van der Waals surface area contributed by atoms with Crippen molar-refractivity contribution in [2.75, 3.05) is 6.61 Å². The number of halogens is 1. The summed E-state index contributed by atoms with van der Waals surface area (Å²) >= 11 is 5.95. The van der Waals surface area contributed by atoms with Crippen LogP contribution in [0.2, 0.25) is 5.02 Å². The van der Waals surface area contributed by atoms with Gasteiger partial charge in [0, 0.05) is 11.1 Å². The molecular formula is C15H22ClNO. The largest absolute Gasteiger partial charge is 0.394 e. The lowest BCUT2D eigenvalue weighted by Gasteiger charge is -2.37. The van der Waals surface area contributed by atoms with Crippen molar-refractivity contribution in [2.24, 2.45) is 5.92 Å². The molecular weight excluding hydrogens is 246 g/mol. The maximum atomic E-state index is 9.96. The van der Waals surface area contributed by atoms with E-state index in [0.29, 0.717) is 12.0 Å². The van der Waals surface area contributed by atoms with E-state index < -0.39 is 0 Å². The van der Waals surface area contributed by atoms with Gasteiger partial charge in [-0.2, -0.15) is 0 Å². The molecule has 2 N–H and O–H groups in total. The first-order valence-electron chi connectivity index (χ1n) is 6.77. The van der Waals surface area contributed by atoms with Crippen LogP contribution in [0.5, 0.6) is 0 Å². The second-order valence-corrected chi connectivity index (χ2v) is 5.80. The monoisotopic (exact) mass is 267 g/mol. The Balaban J connectivity index is 2.31. The molecule has 1 fully saturated rings. The molecule has 0 spiro atoms. The summed E-state index contributed by atoms with van der Waals surface area (Å²) in [5, 5.41) is 14.3. The summed E-state index contributed by atoms with van der Waals surface area (Å²) in [5.41, 5.74) is 0.859. The predicted molar refractivity (Wildman–Crippen MR) is 75.8 cm³/mol. The molecule has 2 rings (SSSR count). The van der Waals surface area contributed by atoms with E-state index in [1.165, 1.54) is 12.8 Å². The van der Waals surface area contributed by atoms with Crippen molar-refractivity contribution in [3.63, 3.8) is 0 Å². The number of benzene rings is 1. The number of aliphatic hydroxyl groups excluding tert-OH is 1. The minimum absolute atomic E-state index is 0.142. The zero-order valence-electron chi connectivity index (χ0n) is 11.1. The standard InChI is InChI=1S/C15H22ClNO/c1-3-11(2)17-15(10-18,12-4-5-12)13-6-8-14(16)9-7-13/h6-9,11-12,17-18H,3-5,10H2,1-2H3. The second-order valence-electron chi connectivity index (χ2n) is 5.36. The first kappa shape index (κ1) is 13.9. The number of hydrogen-bond acceptors (Lipinski definition) is 2. The van der Waals surface area contributed by atoms with Crippen molar-refractivity contribution in [2.45, 2.75) is 44.7 Å². The van der Waals surface area contributed by atoms with Crippen LogP contribution in [0.15, 0.2) is 24.3 Å². The molecule has 3 heteroatoms. The number of hydrogen-bond donors (Lipinski definition) is 2. The lowest BCUT2D eigenvalue weighted by molar-refractivity contribution is 0.127. The first-order valence-corrected chi connectivity index (χ1v) is 7.14. The number of rotatable bonds is 6. The molecule has 0 amide bonds. The van der Waals surface area contributed by atoms with E-state index >= 15 is 0 Å². The summed E-state index contributed by atoms with van der Waals surface area (Å²) in [7, 11) is 0. The van der Waals surface area contributed by atoms with Gasteiger partial charge in [-0.3, -0.25) is 0 Å². The minimum atomic E-state index is -0.292. The Morgan fingerprint density at radius 1 is 1.39 bits per heavy atom. The van der Waals surface area contributed by atoms with Gasteiger partial charge in [-0.15, -0.1) is 0 Å². The van der Waals surface area contributed by atoms with Crippen molar-refractivity contribution in [3.05, 3.63) is 34.9 Å². The first-order chi connectivity index (χ1) is 8.62. The Kier molecular flexibility index (Phi) is 4.31. The van der Waals surface area contributed by atoms with Crippen molar-refractivity contribution in [3.8, 4) is 0 Å². The van der Waals surface area contributed by atoms with Crippen LogP contribution in [-0.4, -0.2) is 17.8 Å². The quantitative estimate of drug-likeness (QED) is 0.829. The maximum absolute atomic E-state index is 9.96. The van der Waals surface area contributed by atoms with Crippen molar-refractivity contribution < 1.29 is 5.11 Å². The summed E-state index contributed by atoms with van der Waals surface area (Å²) in [6.45, 7) is 4.47. The molecule has 100 valence electrons. The average molecular weight is 268 g/mol. The Morgan fingerprint density at radius 3 is 2.44 bits per heavy atom. The normalized spacial score (nSPS) is 20.4. The summed E-state index contributed by atoms with van der Waals surface area (Å²) in [6, 6.07) is 8.27. The molecule has 1 aromatic carbocycles. The van der Waals surface area contributed by atoms with Gasteiger partial charge in [-0.05, 0) is 49.8 Å². The van der Waals surface area contributed by atoms with Gasteiger partial charge >= 0.3 is 0 Å². The van der Waals surface area contributed by atoms with Crippen molar-refractivity contribution in [1.29, 1.82) is 0 Å². The van der Waals surface area contributed by atoms with Crippen LogP contribution < -0.4 is 5.32 Å². The van der Waals surface area contributed by atoms with Gasteiger partial charge in [0.05, 0.1) is 12.1 Å². The van der Waals surface area contributed by atoms with Crippen LogP contribution in [0.1, 0.15) is 38.7 Å². The van der Waals surface area contributed by atoms with Gasteiger partial charge in [0.25, 0.3) is 0 Å². The fourth-order valence-electron chi connectivity index (χ4n) is 2.57. The molecule has 0 aromatic heterocycles. The molecule has 2 nitrogen and oxygen atoms in total. The highest BCUT2D eigenvalue weighted by Crippen LogP contribution is 2.46. The van der Waals surface area contributed by atoms with E-state index in [2.05, 4.69) is 19.2 Å². The van der Waals surface area contributed by atoms with E-state index in [1.807, 2.05) is 24.3 Å². The summed E-state index contributed by atoms with van der Waals surface area (Å²) in [5.74, 6) is 0.540. The Labute approximate surface area is 114 Å². The molecule has 2 atom stereocenters. The van der Waals surface area contributed by atoms with Crippen LogP contribution in [0, 0.1) is 5.92 Å². The highest BCUT2D eigenvalue weighted by atomic mass is 35.5. The fraction of sp³-hybridized carbons (Fsp3) is 0.600. The molecule has 18 heavy (non-hydrogen) atoms.